The molecule has 14 heteroatoms. The van der Waals surface area contributed by atoms with Crippen LogP contribution in [0.3, 0.4) is 0 Å². The summed E-state index contributed by atoms with van der Waals surface area (Å²) in [4.78, 5) is 23.6. The topological polar surface area (TPSA) is 165 Å². The molecule has 0 radical (unpaired) electrons. The Morgan fingerprint density at radius 3 is 1.40 bits per heavy atom. The summed E-state index contributed by atoms with van der Waals surface area (Å²) in [5, 5.41) is 35.0. The number of rotatable bonds is 6. The van der Waals surface area contributed by atoms with E-state index in [0.717, 1.165) is 0 Å². The molecule has 0 atom stereocenters. The minimum absolute atomic E-state index is 0.131. The lowest BCUT2D eigenvalue weighted by Crippen LogP contribution is -2.13. The minimum atomic E-state index is -2.26. The third-order valence-corrected chi connectivity index (χ3v) is 5.25. The molecule has 0 fully saturated rings. The van der Waals surface area contributed by atoms with Gasteiger partial charge in [-0.3, -0.25) is 0 Å². The van der Waals surface area contributed by atoms with Gasteiger partial charge in [0.25, 0.3) is 0 Å². The fraction of sp³-hybridized carbons (Fsp3) is 0. The second-order valence-electron chi connectivity index (χ2n) is 5.74. The number of benzene rings is 2. The van der Waals surface area contributed by atoms with Gasteiger partial charge in [0.2, 0.25) is 10.1 Å². The number of hydrogen-bond acceptors (Lipinski definition) is 9. The largest absolute Gasteiger partial charge is 0.339 e. The molecular formula is C16H10N8O5S. The number of nitro groups is 2. The molecule has 0 amide bonds. The summed E-state index contributed by atoms with van der Waals surface area (Å²) in [6.45, 7) is 0. The smallest absolute Gasteiger partial charge is 0.216 e. The first kappa shape index (κ1) is 19.0. The van der Waals surface area contributed by atoms with Crippen LogP contribution in [0.15, 0.2) is 70.7 Å². The van der Waals surface area contributed by atoms with Crippen molar-refractivity contribution in [2.24, 2.45) is 0 Å². The Balaban J connectivity index is 1.92. The second-order valence-corrected chi connectivity index (χ2v) is 7.05. The van der Waals surface area contributed by atoms with Crippen LogP contribution in [0.2, 0.25) is 0 Å². The van der Waals surface area contributed by atoms with Crippen molar-refractivity contribution in [1.29, 1.82) is 0 Å². The predicted octanol–water partition coefficient (Wildman–Crippen LogP) is 1.45. The van der Waals surface area contributed by atoms with Gasteiger partial charge in [0.15, 0.2) is 21.8 Å². The van der Waals surface area contributed by atoms with Gasteiger partial charge in [-0.2, -0.15) is 0 Å². The summed E-state index contributed by atoms with van der Waals surface area (Å²) >= 11 is 0. The molecule has 0 saturated carbocycles. The molecule has 13 nitrogen and oxygen atoms in total. The van der Waals surface area contributed by atoms with Crippen LogP contribution < -0.4 is 0 Å². The highest BCUT2D eigenvalue weighted by Gasteiger charge is 2.34. The average Bonchev–Trinajstić information content (AvgIpc) is 3.39. The maximum absolute atomic E-state index is 13.3. The van der Waals surface area contributed by atoms with E-state index in [1.54, 1.807) is 60.7 Å². The summed E-state index contributed by atoms with van der Waals surface area (Å²) in [6.07, 6.45) is 0. The Bertz CT molecular complexity index is 1170. The zero-order valence-corrected chi connectivity index (χ0v) is 15.6. The molecule has 150 valence electrons. The Kier molecular flexibility index (Phi) is 4.81. The van der Waals surface area contributed by atoms with E-state index < -0.39 is 20.9 Å². The van der Waals surface area contributed by atoms with Gasteiger partial charge >= 0.3 is 0 Å². The molecule has 2 heterocycles. The van der Waals surface area contributed by atoms with E-state index in [9.17, 15) is 24.4 Å². The van der Waals surface area contributed by atoms with Gasteiger partial charge in [0.1, 0.15) is 10.8 Å². The second kappa shape index (κ2) is 7.59. The molecule has 0 N–H and O–H groups in total. The van der Waals surface area contributed by atoms with Gasteiger partial charge < -0.3 is 20.2 Å². The van der Waals surface area contributed by atoms with Crippen molar-refractivity contribution >= 4 is 10.8 Å². The summed E-state index contributed by atoms with van der Waals surface area (Å²) < 4.78 is 13.3. The fourth-order valence-electron chi connectivity index (χ4n) is 2.76. The number of nitrogens with zero attached hydrogens (tertiary/aromatic N) is 8. The molecular weight excluding hydrogens is 416 g/mol. The van der Waals surface area contributed by atoms with Crippen LogP contribution in [-0.4, -0.2) is 44.5 Å². The normalized spacial score (nSPS) is 11.0. The highest BCUT2D eigenvalue weighted by Crippen LogP contribution is 2.31. The van der Waals surface area contributed by atoms with Crippen LogP contribution in [-0.2, 0) is 10.8 Å². The highest BCUT2D eigenvalue weighted by atomic mass is 32.2. The van der Waals surface area contributed by atoms with E-state index in [4.69, 9.17) is 0 Å². The molecule has 0 unspecified atom stereocenters. The molecule has 0 aliphatic heterocycles. The summed E-state index contributed by atoms with van der Waals surface area (Å²) in [7, 11) is -2.26. The van der Waals surface area contributed by atoms with Gasteiger partial charge in [-0.25, -0.2) is 4.21 Å². The fourth-order valence-corrected chi connectivity index (χ4v) is 3.92. The maximum atomic E-state index is 13.3. The highest BCUT2D eigenvalue weighted by molar-refractivity contribution is 7.85. The molecule has 0 aliphatic carbocycles. The van der Waals surface area contributed by atoms with Crippen LogP contribution in [0, 0.1) is 20.2 Å². The third-order valence-electron chi connectivity index (χ3n) is 4.00. The molecule has 0 aliphatic rings. The average molecular weight is 426 g/mol. The Morgan fingerprint density at radius 1 is 0.700 bits per heavy atom. The van der Waals surface area contributed by atoms with Crippen molar-refractivity contribution in [2.45, 2.75) is 10.1 Å². The SMILES string of the molecule is O=[N+]([O-])n1nnc(S(=O)c2nnn([N+](=O)[O-])c2-c2ccccc2)c1-c1ccccc1. The van der Waals surface area contributed by atoms with E-state index in [2.05, 4.69) is 20.6 Å². The Hall–Kier alpha value is -4.33. The van der Waals surface area contributed by atoms with Gasteiger partial charge in [0.05, 0.1) is 19.6 Å². The number of aromatic nitrogens is 6. The summed E-state index contributed by atoms with van der Waals surface area (Å²) in [5.74, 6) is 0. The maximum Gasteiger partial charge on any atom is 0.216 e. The van der Waals surface area contributed by atoms with Crippen molar-refractivity contribution in [1.82, 2.24) is 30.2 Å². The monoisotopic (exact) mass is 426 g/mol. The zero-order valence-electron chi connectivity index (χ0n) is 14.8. The van der Waals surface area contributed by atoms with Crippen LogP contribution >= 0.6 is 0 Å². The predicted molar refractivity (Wildman–Crippen MR) is 100 cm³/mol. The molecule has 30 heavy (non-hydrogen) atoms. The Labute approximate surface area is 169 Å². The first-order chi connectivity index (χ1) is 14.5. The van der Waals surface area contributed by atoms with Crippen LogP contribution in [0.25, 0.3) is 22.5 Å². The molecule has 0 spiro atoms. The third kappa shape index (κ3) is 3.20. The minimum Gasteiger partial charge on any atom is -0.339 e. The number of hydrogen-bond donors (Lipinski definition) is 0. The van der Waals surface area contributed by atoms with E-state index in [1.807, 2.05) is 0 Å². The van der Waals surface area contributed by atoms with Crippen molar-refractivity contribution in [3.05, 3.63) is 80.9 Å². The van der Waals surface area contributed by atoms with E-state index in [-0.39, 0.29) is 21.4 Å². The first-order valence-electron chi connectivity index (χ1n) is 8.22. The van der Waals surface area contributed by atoms with Crippen LogP contribution in [0.1, 0.15) is 0 Å². The standard InChI is InChI=1S/C16H10N8O5S/c25-23(26)21-13(11-7-3-1-4-8-11)15(17-19-21)30(29)16-14(12-9-5-2-6-10-12)22(20-18-16)24(27)28/h1-10H. The van der Waals surface area contributed by atoms with Gasteiger partial charge in [0, 0.05) is 11.1 Å². The summed E-state index contributed by atoms with van der Waals surface area (Å²) in [5.41, 5.74) is 0.415. The lowest BCUT2D eigenvalue weighted by molar-refractivity contribution is -0.551. The first-order valence-corrected chi connectivity index (χ1v) is 9.37. The molecule has 2 aromatic carbocycles. The van der Waals surface area contributed by atoms with Crippen molar-refractivity contribution in [2.75, 3.05) is 0 Å². The molecule has 4 rings (SSSR count). The van der Waals surface area contributed by atoms with Gasteiger partial charge in [-0.15, -0.1) is 0 Å². The lowest BCUT2D eigenvalue weighted by Gasteiger charge is -2.03. The van der Waals surface area contributed by atoms with Crippen molar-refractivity contribution < 1.29 is 14.3 Å². The Morgan fingerprint density at radius 2 is 1.07 bits per heavy atom. The van der Waals surface area contributed by atoms with E-state index in [1.165, 1.54) is 0 Å². The van der Waals surface area contributed by atoms with E-state index in [0.29, 0.717) is 20.7 Å². The zero-order chi connectivity index (χ0) is 21.3. The molecule has 2 aromatic heterocycles. The van der Waals surface area contributed by atoms with Crippen molar-refractivity contribution in [3.8, 4) is 22.5 Å². The van der Waals surface area contributed by atoms with Crippen LogP contribution in [0.4, 0.5) is 0 Å². The van der Waals surface area contributed by atoms with Gasteiger partial charge in [-0.1, -0.05) is 60.7 Å². The van der Waals surface area contributed by atoms with E-state index >= 15 is 0 Å². The van der Waals surface area contributed by atoms with Crippen LogP contribution in [0.5, 0.6) is 0 Å². The van der Waals surface area contributed by atoms with Gasteiger partial charge in [-0.05, 0) is 10.2 Å². The van der Waals surface area contributed by atoms with Crippen molar-refractivity contribution in [3.63, 3.8) is 0 Å². The molecule has 0 bridgehead atoms. The summed E-state index contributed by atoms with van der Waals surface area (Å²) in [6, 6.07) is 16.2. The lowest BCUT2D eigenvalue weighted by atomic mass is 10.2. The molecule has 0 saturated heterocycles. The quantitative estimate of drug-likeness (QED) is 0.327. The molecule has 4 aromatic rings.